The minimum Gasteiger partial charge on any atom is -0.380 e. The minimum absolute atomic E-state index is 0.798. The van der Waals surface area contributed by atoms with Crippen molar-refractivity contribution in [2.45, 2.75) is 13.5 Å². The maximum atomic E-state index is 4.34. The SMILES string of the molecule is Cc1ccc(Br)c(NCc2ccc3ncccc3c2)c1. The Morgan fingerprint density at radius 2 is 2.00 bits per heavy atom. The van der Waals surface area contributed by atoms with Gasteiger partial charge in [0, 0.05) is 28.3 Å². The normalized spacial score (nSPS) is 10.7. The van der Waals surface area contributed by atoms with Crippen molar-refractivity contribution < 1.29 is 0 Å². The number of aromatic nitrogens is 1. The number of hydrogen-bond acceptors (Lipinski definition) is 2. The van der Waals surface area contributed by atoms with E-state index in [1.165, 1.54) is 16.5 Å². The number of rotatable bonds is 3. The van der Waals surface area contributed by atoms with Crippen molar-refractivity contribution in [1.29, 1.82) is 0 Å². The topological polar surface area (TPSA) is 24.9 Å². The van der Waals surface area contributed by atoms with Gasteiger partial charge in [-0.1, -0.05) is 18.2 Å². The van der Waals surface area contributed by atoms with Crippen LogP contribution >= 0.6 is 15.9 Å². The van der Waals surface area contributed by atoms with E-state index in [-0.39, 0.29) is 0 Å². The molecule has 20 heavy (non-hydrogen) atoms. The van der Waals surface area contributed by atoms with Gasteiger partial charge in [0.15, 0.2) is 0 Å². The molecule has 3 heteroatoms. The Hall–Kier alpha value is -1.87. The molecule has 100 valence electrons. The monoisotopic (exact) mass is 326 g/mol. The van der Waals surface area contributed by atoms with Crippen LogP contribution in [0.2, 0.25) is 0 Å². The number of benzene rings is 2. The summed E-state index contributed by atoms with van der Waals surface area (Å²) in [4.78, 5) is 4.34. The Labute approximate surface area is 127 Å². The van der Waals surface area contributed by atoms with E-state index < -0.39 is 0 Å². The fraction of sp³-hybridized carbons (Fsp3) is 0.118. The fourth-order valence-electron chi connectivity index (χ4n) is 2.21. The zero-order valence-corrected chi connectivity index (χ0v) is 12.8. The maximum Gasteiger partial charge on any atom is 0.0702 e. The Kier molecular flexibility index (Phi) is 3.70. The molecule has 1 aromatic heterocycles. The highest BCUT2D eigenvalue weighted by molar-refractivity contribution is 9.10. The summed E-state index contributed by atoms with van der Waals surface area (Å²) < 4.78 is 1.09. The summed E-state index contributed by atoms with van der Waals surface area (Å²) in [6.07, 6.45) is 1.82. The van der Waals surface area contributed by atoms with Crippen molar-refractivity contribution in [3.8, 4) is 0 Å². The van der Waals surface area contributed by atoms with Gasteiger partial charge < -0.3 is 5.32 Å². The second-order valence-electron chi connectivity index (χ2n) is 4.87. The zero-order valence-electron chi connectivity index (χ0n) is 11.2. The highest BCUT2D eigenvalue weighted by atomic mass is 79.9. The molecule has 3 rings (SSSR count). The molecule has 0 atom stereocenters. The van der Waals surface area contributed by atoms with Gasteiger partial charge in [0.05, 0.1) is 5.52 Å². The third-order valence-electron chi connectivity index (χ3n) is 3.27. The molecule has 0 saturated heterocycles. The van der Waals surface area contributed by atoms with E-state index in [9.17, 15) is 0 Å². The molecule has 0 saturated carbocycles. The van der Waals surface area contributed by atoms with Crippen LogP contribution in [-0.4, -0.2) is 4.98 Å². The van der Waals surface area contributed by atoms with Crippen LogP contribution in [0, 0.1) is 6.92 Å². The number of nitrogens with zero attached hydrogens (tertiary/aromatic N) is 1. The van der Waals surface area contributed by atoms with Gasteiger partial charge in [-0.05, 0) is 64.3 Å². The first-order valence-corrected chi connectivity index (χ1v) is 7.35. The summed E-state index contributed by atoms with van der Waals surface area (Å²) in [5, 5.41) is 4.64. The molecule has 2 nitrogen and oxygen atoms in total. The van der Waals surface area contributed by atoms with Gasteiger partial charge in [-0.2, -0.15) is 0 Å². The molecular weight excluding hydrogens is 312 g/mol. The maximum absolute atomic E-state index is 4.34. The molecule has 0 radical (unpaired) electrons. The van der Waals surface area contributed by atoms with Crippen molar-refractivity contribution in [1.82, 2.24) is 4.98 Å². The minimum atomic E-state index is 0.798. The van der Waals surface area contributed by atoms with Crippen molar-refractivity contribution in [3.05, 3.63) is 70.3 Å². The third-order valence-corrected chi connectivity index (χ3v) is 3.96. The predicted octanol–water partition coefficient (Wildman–Crippen LogP) is 4.92. The lowest BCUT2D eigenvalue weighted by Crippen LogP contribution is -2.00. The van der Waals surface area contributed by atoms with Crippen LogP contribution in [0.1, 0.15) is 11.1 Å². The van der Waals surface area contributed by atoms with E-state index >= 15 is 0 Å². The average molecular weight is 327 g/mol. The molecule has 0 aliphatic rings. The first-order valence-electron chi connectivity index (χ1n) is 6.56. The number of anilines is 1. The van der Waals surface area contributed by atoms with Gasteiger partial charge in [-0.3, -0.25) is 4.98 Å². The van der Waals surface area contributed by atoms with Crippen molar-refractivity contribution in [2.24, 2.45) is 0 Å². The Morgan fingerprint density at radius 1 is 1.10 bits per heavy atom. The van der Waals surface area contributed by atoms with Crippen LogP contribution in [0.5, 0.6) is 0 Å². The fourth-order valence-corrected chi connectivity index (χ4v) is 2.59. The van der Waals surface area contributed by atoms with Crippen molar-refractivity contribution in [2.75, 3.05) is 5.32 Å². The molecule has 0 unspecified atom stereocenters. The Morgan fingerprint density at radius 3 is 2.90 bits per heavy atom. The standard InChI is InChI=1S/C17H15BrN2/c1-12-4-6-15(18)17(9-12)20-11-13-5-7-16-14(10-13)3-2-8-19-16/h2-10,20H,11H2,1H3. The smallest absolute Gasteiger partial charge is 0.0702 e. The van der Waals surface area contributed by atoms with Crippen LogP contribution in [0.25, 0.3) is 10.9 Å². The lowest BCUT2D eigenvalue weighted by Gasteiger charge is -2.10. The molecule has 1 heterocycles. The predicted molar refractivity (Wildman–Crippen MR) is 87.9 cm³/mol. The van der Waals surface area contributed by atoms with Crippen molar-refractivity contribution in [3.63, 3.8) is 0 Å². The Bertz CT molecular complexity index is 753. The first kappa shape index (κ1) is 13.1. The van der Waals surface area contributed by atoms with E-state index in [1.54, 1.807) is 0 Å². The number of nitrogens with one attached hydrogen (secondary N) is 1. The lowest BCUT2D eigenvalue weighted by atomic mass is 10.1. The van der Waals surface area contributed by atoms with Gasteiger partial charge in [0.2, 0.25) is 0 Å². The zero-order chi connectivity index (χ0) is 13.9. The second kappa shape index (κ2) is 5.63. The summed E-state index contributed by atoms with van der Waals surface area (Å²) in [7, 11) is 0. The molecule has 0 aliphatic carbocycles. The molecule has 3 aromatic rings. The van der Waals surface area contributed by atoms with Crippen molar-refractivity contribution >= 4 is 32.5 Å². The van der Waals surface area contributed by atoms with Crippen LogP contribution in [0.3, 0.4) is 0 Å². The number of aryl methyl sites for hydroxylation is 1. The highest BCUT2D eigenvalue weighted by Crippen LogP contribution is 2.24. The van der Waals surface area contributed by atoms with E-state index in [1.807, 2.05) is 12.3 Å². The molecule has 0 bridgehead atoms. The number of halogens is 1. The van der Waals surface area contributed by atoms with E-state index in [0.29, 0.717) is 0 Å². The molecular formula is C17H15BrN2. The lowest BCUT2D eigenvalue weighted by molar-refractivity contribution is 1.15. The van der Waals surface area contributed by atoms with Gasteiger partial charge >= 0.3 is 0 Å². The summed E-state index contributed by atoms with van der Waals surface area (Å²) in [5.41, 5.74) is 4.65. The van der Waals surface area contributed by atoms with Gasteiger partial charge in [-0.25, -0.2) is 0 Å². The summed E-state index contributed by atoms with van der Waals surface area (Å²) in [5.74, 6) is 0. The molecule has 0 amide bonds. The number of fused-ring (bicyclic) bond motifs is 1. The van der Waals surface area contributed by atoms with Crippen LogP contribution in [0.15, 0.2) is 59.2 Å². The molecule has 0 spiro atoms. The third kappa shape index (κ3) is 2.83. The molecule has 1 N–H and O–H groups in total. The van der Waals surface area contributed by atoms with Crippen LogP contribution in [-0.2, 0) is 6.54 Å². The first-order chi connectivity index (χ1) is 9.72. The quantitative estimate of drug-likeness (QED) is 0.739. The van der Waals surface area contributed by atoms with E-state index in [0.717, 1.165) is 22.2 Å². The molecule has 0 fully saturated rings. The second-order valence-corrected chi connectivity index (χ2v) is 5.72. The Balaban J connectivity index is 1.81. The largest absolute Gasteiger partial charge is 0.380 e. The van der Waals surface area contributed by atoms with Gasteiger partial charge in [0.25, 0.3) is 0 Å². The number of hydrogen-bond donors (Lipinski definition) is 1. The highest BCUT2D eigenvalue weighted by Gasteiger charge is 2.01. The molecule has 2 aromatic carbocycles. The summed E-state index contributed by atoms with van der Waals surface area (Å²) in [6.45, 7) is 2.90. The molecule has 0 aliphatic heterocycles. The van der Waals surface area contributed by atoms with E-state index in [2.05, 4.69) is 75.6 Å². The van der Waals surface area contributed by atoms with E-state index in [4.69, 9.17) is 0 Å². The number of pyridine rings is 1. The van der Waals surface area contributed by atoms with Gasteiger partial charge in [-0.15, -0.1) is 0 Å². The summed E-state index contributed by atoms with van der Waals surface area (Å²) in [6, 6.07) is 16.7. The van der Waals surface area contributed by atoms with Crippen LogP contribution < -0.4 is 5.32 Å². The average Bonchev–Trinajstić information content (AvgIpc) is 2.48. The summed E-state index contributed by atoms with van der Waals surface area (Å²) >= 11 is 3.57. The van der Waals surface area contributed by atoms with Crippen LogP contribution in [0.4, 0.5) is 5.69 Å². The van der Waals surface area contributed by atoms with Gasteiger partial charge in [0.1, 0.15) is 0 Å².